The molecule has 2 aromatic rings. The maximum Gasteiger partial charge on any atom is 0.327 e. The third-order valence-electron chi connectivity index (χ3n) is 6.16. The van der Waals surface area contributed by atoms with E-state index in [1.54, 1.807) is 9.80 Å². The lowest BCUT2D eigenvalue weighted by Gasteiger charge is -2.42. The number of nitrogens with zero attached hydrogens (tertiary/aromatic N) is 4. The van der Waals surface area contributed by atoms with Crippen LogP contribution in [0.2, 0.25) is 0 Å². The van der Waals surface area contributed by atoms with E-state index in [1.165, 1.54) is 11.3 Å². The third-order valence-corrected chi connectivity index (χ3v) is 6.16. The molecule has 1 spiro atoms. The molecule has 2 aliphatic heterocycles. The number of likely N-dealkylation sites (N-methyl/N-ethyl adjacent to an activating group) is 1. The number of amides is 4. The summed E-state index contributed by atoms with van der Waals surface area (Å²) < 4.78 is 5.29. The number of rotatable bonds is 5. The van der Waals surface area contributed by atoms with E-state index >= 15 is 0 Å². The molecule has 0 unspecified atom stereocenters. The summed E-state index contributed by atoms with van der Waals surface area (Å²) in [5, 5.41) is 0. The molecule has 1 aromatic carbocycles. The van der Waals surface area contributed by atoms with Gasteiger partial charge in [0.05, 0.1) is 0 Å². The second-order valence-corrected chi connectivity index (χ2v) is 7.71. The van der Waals surface area contributed by atoms with Crippen molar-refractivity contribution < 1.29 is 18.8 Å². The van der Waals surface area contributed by atoms with Gasteiger partial charge in [-0.2, -0.15) is 0 Å². The van der Waals surface area contributed by atoms with E-state index in [-0.39, 0.29) is 17.8 Å². The fourth-order valence-corrected chi connectivity index (χ4v) is 4.46. The zero-order valence-corrected chi connectivity index (χ0v) is 17.3. The minimum Gasteiger partial charge on any atom is -0.448 e. The second-order valence-electron chi connectivity index (χ2n) is 7.71. The summed E-state index contributed by atoms with van der Waals surface area (Å²) in [5.41, 5.74) is 0.403. The number of piperidine rings is 1. The van der Waals surface area contributed by atoms with Gasteiger partial charge < -0.3 is 14.2 Å². The zero-order chi connectivity index (χ0) is 21.3. The van der Waals surface area contributed by atoms with Gasteiger partial charge in [-0.05, 0) is 25.3 Å². The summed E-state index contributed by atoms with van der Waals surface area (Å²) in [6.45, 7) is 5.20. The van der Waals surface area contributed by atoms with Crippen LogP contribution in [-0.4, -0.2) is 62.7 Å². The lowest BCUT2D eigenvalue weighted by atomic mass is 9.85. The highest BCUT2D eigenvalue weighted by molar-refractivity contribution is 6.07. The Kier molecular flexibility index (Phi) is 5.32. The number of aryl methyl sites for hydroxylation is 1. The molecule has 0 atom stereocenters. The Morgan fingerprint density at radius 1 is 1.13 bits per heavy atom. The summed E-state index contributed by atoms with van der Waals surface area (Å²) in [4.78, 5) is 48.0. The molecule has 3 heterocycles. The van der Waals surface area contributed by atoms with Gasteiger partial charge in [-0.3, -0.25) is 14.5 Å². The van der Waals surface area contributed by atoms with Crippen LogP contribution in [0.3, 0.4) is 0 Å². The van der Waals surface area contributed by atoms with Crippen LogP contribution in [0.1, 0.15) is 48.5 Å². The van der Waals surface area contributed by atoms with Crippen molar-refractivity contribution in [3.63, 3.8) is 0 Å². The average molecular weight is 410 g/mol. The molecule has 30 heavy (non-hydrogen) atoms. The first-order valence-electron chi connectivity index (χ1n) is 10.4. The normalized spacial score (nSPS) is 18.5. The number of carbonyl (C=O) groups excluding carboxylic acids is 3. The van der Waals surface area contributed by atoms with Crippen LogP contribution >= 0.6 is 0 Å². The topological polar surface area (TPSA) is 87.0 Å². The molecule has 0 N–H and O–H groups in total. The van der Waals surface area contributed by atoms with E-state index in [2.05, 4.69) is 4.98 Å². The van der Waals surface area contributed by atoms with E-state index in [9.17, 15) is 14.4 Å². The standard InChI is InChI=1S/C22H26N4O4/c1-3-17-18(23-15-30-17)19(27)24-12-10-22(11-13-24)20(28)25(4-2)21(29)26(22)14-16-8-6-5-7-9-16/h5-9,15H,3-4,10-14H2,1-2H3. The maximum atomic E-state index is 13.3. The number of benzene rings is 1. The molecule has 0 aliphatic carbocycles. The largest absolute Gasteiger partial charge is 0.448 e. The van der Waals surface area contributed by atoms with Crippen molar-refractivity contribution in [1.29, 1.82) is 0 Å². The highest BCUT2D eigenvalue weighted by atomic mass is 16.3. The van der Waals surface area contributed by atoms with Crippen molar-refractivity contribution in [2.45, 2.75) is 45.2 Å². The van der Waals surface area contributed by atoms with Gasteiger partial charge in [0.1, 0.15) is 11.3 Å². The van der Waals surface area contributed by atoms with Crippen LogP contribution in [0.25, 0.3) is 0 Å². The summed E-state index contributed by atoms with van der Waals surface area (Å²) in [7, 11) is 0. The van der Waals surface area contributed by atoms with Gasteiger partial charge in [0, 0.05) is 32.6 Å². The number of imide groups is 1. The van der Waals surface area contributed by atoms with Crippen molar-refractivity contribution >= 4 is 17.8 Å². The monoisotopic (exact) mass is 410 g/mol. The quantitative estimate of drug-likeness (QED) is 0.708. The molecule has 4 rings (SSSR count). The first kappa shape index (κ1) is 20.1. The fourth-order valence-electron chi connectivity index (χ4n) is 4.46. The number of hydrogen-bond donors (Lipinski definition) is 0. The average Bonchev–Trinajstić information content (AvgIpc) is 3.33. The molecule has 158 valence electrons. The molecule has 8 nitrogen and oxygen atoms in total. The molecule has 2 aliphatic rings. The Morgan fingerprint density at radius 3 is 2.47 bits per heavy atom. The summed E-state index contributed by atoms with van der Waals surface area (Å²) in [5.74, 6) is 0.221. The van der Waals surface area contributed by atoms with E-state index in [4.69, 9.17) is 4.42 Å². The Labute approximate surface area is 175 Å². The van der Waals surface area contributed by atoms with Gasteiger partial charge in [0.15, 0.2) is 12.1 Å². The van der Waals surface area contributed by atoms with Crippen LogP contribution < -0.4 is 0 Å². The molecular formula is C22H26N4O4. The van der Waals surface area contributed by atoms with E-state index in [1.807, 2.05) is 44.2 Å². The molecule has 4 amide bonds. The van der Waals surface area contributed by atoms with Gasteiger partial charge in [-0.25, -0.2) is 9.78 Å². The van der Waals surface area contributed by atoms with Crippen molar-refractivity contribution in [2.24, 2.45) is 0 Å². The smallest absolute Gasteiger partial charge is 0.327 e. The van der Waals surface area contributed by atoms with Crippen molar-refractivity contribution in [2.75, 3.05) is 19.6 Å². The highest BCUT2D eigenvalue weighted by Crippen LogP contribution is 2.38. The maximum absolute atomic E-state index is 13.3. The van der Waals surface area contributed by atoms with Crippen molar-refractivity contribution in [1.82, 2.24) is 19.7 Å². The minimum absolute atomic E-state index is 0.159. The molecule has 2 fully saturated rings. The van der Waals surface area contributed by atoms with Crippen LogP contribution in [-0.2, 0) is 17.8 Å². The Bertz CT molecular complexity index is 947. The predicted molar refractivity (Wildman–Crippen MR) is 109 cm³/mol. The van der Waals surface area contributed by atoms with Gasteiger partial charge in [0.25, 0.3) is 11.8 Å². The second kappa shape index (κ2) is 7.93. The molecule has 1 aromatic heterocycles. The van der Waals surface area contributed by atoms with Crippen molar-refractivity contribution in [3.05, 3.63) is 53.7 Å². The minimum atomic E-state index is -0.906. The van der Waals surface area contributed by atoms with Crippen LogP contribution in [0.15, 0.2) is 41.1 Å². The van der Waals surface area contributed by atoms with E-state index in [0.29, 0.717) is 56.9 Å². The van der Waals surface area contributed by atoms with Gasteiger partial charge in [0.2, 0.25) is 0 Å². The molecule has 0 radical (unpaired) electrons. The van der Waals surface area contributed by atoms with Crippen LogP contribution in [0.4, 0.5) is 4.79 Å². The van der Waals surface area contributed by atoms with Gasteiger partial charge >= 0.3 is 6.03 Å². The summed E-state index contributed by atoms with van der Waals surface area (Å²) in [6, 6.07) is 9.42. The summed E-state index contributed by atoms with van der Waals surface area (Å²) >= 11 is 0. The van der Waals surface area contributed by atoms with Gasteiger partial charge in [-0.1, -0.05) is 37.3 Å². The number of urea groups is 1. The van der Waals surface area contributed by atoms with Gasteiger partial charge in [-0.15, -0.1) is 0 Å². The Morgan fingerprint density at radius 2 is 1.83 bits per heavy atom. The lowest BCUT2D eigenvalue weighted by molar-refractivity contribution is -0.135. The predicted octanol–water partition coefficient (Wildman–Crippen LogP) is 2.70. The zero-order valence-electron chi connectivity index (χ0n) is 17.3. The molecule has 2 saturated heterocycles. The fraction of sp³-hybridized carbons (Fsp3) is 0.455. The first-order valence-corrected chi connectivity index (χ1v) is 10.4. The number of oxazole rings is 1. The van der Waals surface area contributed by atoms with E-state index < -0.39 is 5.54 Å². The molecular weight excluding hydrogens is 384 g/mol. The third kappa shape index (κ3) is 3.16. The SMILES string of the molecule is CCc1ocnc1C(=O)N1CCC2(CC1)C(=O)N(CC)C(=O)N2Cc1ccccc1. The number of carbonyl (C=O) groups is 3. The van der Waals surface area contributed by atoms with Crippen molar-refractivity contribution in [3.8, 4) is 0 Å². The molecule has 0 saturated carbocycles. The van der Waals surface area contributed by atoms with Crippen LogP contribution in [0.5, 0.6) is 0 Å². The number of hydrogen-bond acceptors (Lipinski definition) is 5. The summed E-state index contributed by atoms with van der Waals surface area (Å²) in [6.07, 6.45) is 2.69. The Balaban J connectivity index is 1.56. The molecule has 8 heteroatoms. The molecule has 0 bridgehead atoms. The lowest BCUT2D eigenvalue weighted by Crippen LogP contribution is -2.57. The number of likely N-dealkylation sites (tertiary alicyclic amines) is 1. The Hall–Kier alpha value is -3.16. The van der Waals surface area contributed by atoms with Crippen LogP contribution in [0, 0.1) is 0 Å². The first-order chi connectivity index (χ1) is 14.5. The van der Waals surface area contributed by atoms with E-state index in [0.717, 1.165) is 5.56 Å². The highest BCUT2D eigenvalue weighted by Gasteiger charge is 2.57. The number of aromatic nitrogens is 1.